The van der Waals surface area contributed by atoms with Gasteiger partial charge in [0.25, 0.3) is 5.69 Å². The van der Waals surface area contributed by atoms with Crippen molar-refractivity contribution in [2.24, 2.45) is 0 Å². The number of nitrogens with zero attached hydrogens (tertiary/aromatic N) is 2. The summed E-state index contributed by atoms with van der Waals surface area (Å²) >= 11 is 1.61. The Kier molecular flexibility index (Phi) is 6.27. The van der Waals surface area contributed by atoms with Crippen LogP contribution in [0, 0.1) is 10.1 Å². The van der Waals surface area contributed by atoms with Crippen molar-refractivity contribution in [3.63, 3.8) is 0 Å². The van der Waals surface area contributed by atoms with E-state index in [0.717, 1.165) is 10.5 Å². The smallest absolute Gasteiger partial charge is 0.410 e. The summed E-state index contributed by atoms with van der Waals surface area (Å²) < 4.78 is 5.29. The van der Waals surface area contributed by atoms with Gasteiger partial charge in [0, 0.05) is 28.8 Å². The summed E-state index contributed by atoms with van der Waals surface area (Å²) in [6, 6.07) is 4.76. The van der Waals surface area contributed by atoms with E-state index in [2.05, 4.69) is 20.8 Å². The van der Waals surface area contributed by atoms with Crippen molar-refractivity contribution in [1.82, 2.24) is 4.90 Å². The number of hydrogen-bond donors (Lipinski definition) is 0. The van der Waals surface area contributed by atoms with Crippen LogP contribution in [-0.2, 0) is 11.3 Å². The molecular formula is C17H26N2O4S. The van der Waals surface area contributed by atoms with Crippen LogP contribution in [0.5, 0.6) is 0 Å². The number of amides is 1. The van der Waals surface area contributed by atoms with Crippen LogP contribution in [-0.4, -0.2) is 33.3 Å². The molecule has 0 aliphatic carbocycles. The van der Waals surface area contributed by atoms with Gasteiger partial charge in [-0.2, -0.15) is 0 Å². The number of benzene rings is 1. The largest absolute Gasteiger partial charge is 0.444 e. The second-order valence-electron chi connectivity index (χ2n) is 7.60. The number of carbonyl (C=O) groups excluding carboxylic acids is 1. The highest BCUT2D eigenvalue weighted by atomic mass is 32.2. The number of hydrogen-bond acceptors (Lipinski definition) is 5. The van der Waals surface area contributed by atoms with Crippen molar-refractivity contribution in [3.8, 4) is 0 Å². The fourth-order valence-corrected chi connectivity index (χ4v) is 2.94. The molecule has 0 saturated heterocycles. The molecule has 134 valence electrons. The van der Waals surface area contributed by atoms with E-state index < -0.39 is 16.6 Å². The molecule has 0 spiro atoms. The van der Waals surface area contributed by atoms with Gasteiger partial charge in [0.05, 0.1) is 11.5 Å². The highest BCUT2D eigenvalue weighted by Crippen LogP contribution is 2.36. The third-order valence-corrected chi connectivity index (χ3v) is 4.01. The topological polar surface area (TPSA) is 72.7 Å². The Morgan fingerprint density at radius 3 is 2.29 bits per heavy atom. The molecule has 0 aromatic heterocycles. The van der Waals surface area contributed by atoms with Crippen molar-refractivity contribution in [2.75, 3.05) is 7.05 Å². The summed E-state index contributed by atoms with van der Waals surface area (Å²) in [6.07, 6.45) is -0.458. The third-order valence-electron chi connectivity index (χ3n) is 2.78. The van der Waals surface area contributed by atoms with Gasteiger partial charge in [0.15, 0.2) is 0 Å². The molecule has 1 aromatic rings. The molecule has 0 atom stereocenters. The van der Waals surface area contributed by atoms with Crippen molar-refractivity contribution >= 4 is 23.5 Å². The minimum Gasteiger partial charge on any atom is -0.444 e. The standard InChI is InChI=1S/C17H26N2O4S/c1-16(2,3)23-15(20)18(7)11-12-10-13(19(21)22)8-9-14(12)24-17(4,5)6/h8-10H,11H2,1-7H3. The van der Waals surface area contributed by atoms with E-state index in [9.17, 15) is 14.9 Å². The molecule has 1 amide bonds. The summed E-state index contributed by atoms with van der Waals surface area (Å²) in [4.78, 5) is 25.1. The van der Waals surface area contributed by atoms with E-state index in [1.807, 2.05) is 0 Å². The molecule has 0 N–H and O–H groups in total. The molecular weight excluding hydrogens is 328 g/mol. The number of thioether (sulfide) groups is 1. The van der Waals surface area contributed by atoms with Crippen LogP contribution in [0.2, 0.25) is 0 Å². The summed E-state index contributed by atoms with van der Waals surface area (Å²) in [5.74, 6) is 0. The van der Waals surface area contributed by atoms with Crippen molar-refractivity contribution in [3.05, 3.63) is 33.9 Å². The number of nitro groups is 1. The Morgan fingerprint density at radius 1 is 1.25 bits per heavy atom. The molecule has 24 heavy (non-hydrogen) atoms. The summed E-state index contributed by atoms with van der Waals surface area (Å²) in [7, 11) is 1.62. The molecule has 6 nitrogen and oxygen atoms in total. The highest BCUT2D eigenvalue weighted by Gasteiger charge is 2.23. The molecule has 7 heteroatoms. The zero-order valence-corrected chi connectivity index (χ0v) is 16.2. The van der Waals surface area contributed by atoms with Crippen molar-refractivity contribution in [2.45, 2.75) is 63.3 Å². The molecule has 0 heterocycles. The predicted octanol–water partition coefficient (Wildman–Crippen LogP) is 4.85. The first-order chi connectivity index (χ1) is 10.8. The molecule has 0 fully saturated rings. The normalized spacial score (nSPS) is 12.0. The Labute approximate surface area is 147 Å². The first kappa shape index (κ1) is 20.3. The first-order valence-corrected chi connectivity index (χ1v) is 8.50. The monoisotopic (exact) mass is 354 g/mol. The molecule has 1 aromatic carbocycles. The molecule has 0 aliphatic rings. The van der Waals surface area contributed by atoms with Crippen LogP contribution >= 0.6 is 11.8 Å². The second kappa shape index (κ2) is 7.42. The Morgan fingerprint density at radius 2 is 1.83 bits per heavy atom. The number of carbonyl (C=O) groups is 1. The lowest BCUT2D eigenvalue weighted by Gasteiger charge is -2.26. The molecule has 0 bridgehead atoms. The average molecular weight is 354 g/mol. The van der Waals surface area contributed by atoms with Gasteiger partial charge in [-0.25, -0.2) is 4.79 Å². The fourth-order valence-electron chi connectivity index (χ4n) is 1.89. The van der Waals surface area contributed by atoms with Crippen LogP contribution in [0.15, 0.2) is 23.1 Å². The van der Waals surface area contributed by atoms with E-state index in [4.69, 9.17) is 4.74 Å². The molecule has 0 saturated carbocycles. The van der Waals surface area contributed by atoms with Gasteiger partial charge in [0.1, 0.15) is 5.60 Å². The van der Waals surface area contributed by atoms with Gasteiger partial charge in [-0.05, 0) is 32.4 Å². The van der Waals surface area contributed by atoms with Crippen molar-refractivity contribution in [1.29, 1.82) is 0 Å². The third kappa shape index (κ3) is 6.78. The average Bonchev–Trinajstić information content (AvgIpc) is 2.36. The zero-order valence-electron chi connectivity index (χ0n) is 15.4. The van der Waals surface area contributed by atoms with E-state index in [1.165, 1.54) is 17.0 Å². The summed E-state index contributed by atoms with van der Waals surface area (Å²) in [6.45, 7) is 11.9. The van der Waals surface area contributed by atoms with Crippen LogP contribution in [0.4, 0.5) is 10.5 Å². The van der Waals surface area contributed by atoms with Gasteiger partial charge < -0.3 is 9.64 Å². The van der Waals surface area contributed by atoms with Crippen LogP contribution in [0.3, 0.4) is 0 Å². The molecule has 0 aliphatic heterocycles. The van der Waals surface area contributed by atoms with Gasteiger partial charge in [-0.15, -0.1) is 11.8 Å². The van der Waals surface area contributed by atoms with Crippen molar-refractivity contribution < 1.29 is 14.5 Å². The lowest BCUT2D eigenvalue weighted by atomic mass is 10.2. The van der Waals surface area contributed by atoms with Crippen LogP contribution in [0.1, 0.15) is 47.1 Å². The number of non-ortho nitro benzene ring substituents is 1. The predicted molar refractivity (Wildman–Crippen MR) is 96.4 cm³/mol. The Balaban J connectivity index is 3.07. The Hall–Kier alpha value is -1.76. The number of rotatable bonds is 4. The van der Waals surface area contributed by atoms with Gasteiger partial charge in [-0.3, -0.25) is 10.1 Å². The minimum atomic E-state index is -0.586. The second-order valence-corrected chi connectivity index (χ2v) is 9.47. The molecule has 1 rings (SSSR count). The first-order valence-electron chi connectivity index (χ1n) is 7.69. The quantitative estimate of drug-likeness (QED) is 0.439. The SMILES string of the molecule is CN(Cc1cc([N+](=O)[O-])ccc1SC(C)(C)C)C(=O)OC(C)(C)C. The van der Waals surface area contributed by atoms with Gasteiger partial charge in [0.2, 0.25) is 0 Å². The fraction of sp³-hybridized carbons (Fsp3) is 0.588. The van der Waals surface area contributed by atoms with Gasteiger partial charge in [-0.1, -0.05) is 20.8 Å². The Bertz CT molecular complexity index is 618. The maximum atomic E-state index is 12.1. The van der Waals surface area contributed by atoms with E-state index in [0.29, 0.717) is 0 Å². The van der Waals surface area contributed by atoms with Crippen LogP contribution in [0.25, 0.3) is 0 Å². The molecule has 0 radical (unpaired) electrons. The van der Waals surface area contributed by atoms with E-state index in [1.54, 1.807) is 45.6 Å². The highest BCUT2D eigenvalue weighted by molar-refractivity contribution is 8.00. The van der Waals surface area contributed by atoms with Gasteiger partial charge >= 0.3 is 6.09 Å². The maximum Gasteiger partial charge on any atom is 0.410 e. The van der Waals surface area contributed by atoms with E-state index in [-0.39, 0.29) is 17.0 Å². The maximum absolute atomic E-state index is 12.1. The zero-order chi connectivity index (χ0) is 18.7. The minimum absolute atomic E-state index is 0.0147. The number of nitro benzene ring substituents is 1. The summed E-state index contributed by atoms with van der Waals surface area (Å²) in [5, 5.41) is 11.1. The van der Waals surface area contributed by atoms with E-state index >= 15 is 0 Å². The summed E-state index contributed by atoms with van der Waals surface area (Å²) in [5.41, 5.74) is 0.162. The van der Waals surface area contributed by atoms with Crippen LogP contribution < -0.4 is 0 Å². The molecule has 0 unspecified atom stereocenters. The number of ether oxygens (including phenoxy) is 1. The lowest BCUT2D eigenvalue weighted by molar-refractivity contribution is -0.385. The lowest BCUT2D eigenvalue weighted by Crippen LogP contribution is -2.34.